The van der Waals surface area contributed by atoms with Gasteiger partial charge < -0.3 is 4.55 Å². The SMILES string of the molecule is CC(c1ccc(C(F)(F)Cl)nc1)[N+](C#N)=S(C)O. The molecule has 4 nitrogen and oxygen atoms in total. The number of aromatic nitrogens is 1. The predicted molar refractivity (Wildman–Crippen MR) is 64.2 cm³/mol. The first-order valence-electron chi connectivity index (χ1n) is 4.84. The summed E-state index contributed by atoms with van der Waals surface area (Å²) in [5.74, 6) is 0. The van der Waals surface area contributed by atoms with Crippen LogP contribution in [0.25, 0.3) is 0 Å². The Kier molecular flexibility index (Phi) is 4.73. The van der Waals surface area contributed by atoms with Crippen molar-refractivity contribution in [1.29, 1.82) is 5.26 Å². The molecule has 0 radical (unpaired) electrons. The quantitative estimate of drug-likeness (QED) is 0.403. The third kappa shape index (κ3) is 3.45. The molecule has 1 aromatic rings. The molecule has 2 unspecified atom stereocenters. The number of hydrogen-bond acceptors (Lipinski definition) is 2. The maximum absolute atomic E-state index is 12.7. The van der Waals surface area contributed by atoms with E-state index in [0.717, 1.165) is 10.0 Å². The van der Waals surface area contributed by atoms with Gasteiger partial charge in [0.05, 0.1) is 0 Å². The van der Waals surface area contributed by atoms with Gasteiger partial charge in [0.15, 0.2) is 5.26 Å². The second-order valence-electron chi connectivity index (χ2n) is 3.52. The standard InChI is InChI=1S/C10H10ClF2N3OS/c1-7(16(6-14)18(2)17)8-3-4-9(15-5-8)10(11,12)13/h3-5,7H,1-2H3/p+1. The van der Waals surface area contributed by atoms with Gasteiger partial charge in [0, 0.05) is 18.0 Å². The molecular weight excluding hydrogens is 284 g/mol. The third-order valence-corrected chi connectivity index (χ3v) is 3.46. The number of nitriles is 1. The fourth-order valence-electron chi connectivity index (χ4n) is 1.33. The van der Waals surface area contributed by atoms with E-state index in [9.17, 15) is 13.3 Å². The van der Waals surface area contributed by atoms with Gasteiger partial charge in [-0.15, -0.1) is 3.95 Å². The van der Waals surface area contributed by atoms with Crippen molar-refractivity contribution < 1.29 is 17.3 Å². The number of alkyl halides is 3. The van der Waals surface area contributed by atoms with Crippen LogP contribution in [0.1, 0.15) is 24.2 Å². The molecule has 0 saturated carbocycles. The molecule has 0 saturated heterocycles. The summed E-state index contributed by atoms with van der Waals surface area (Å²) in [5, 5.41) is 5.36. The monoisotopic (exact) mass is 294 g/mol. The van der Waals surface area contributed by atoms with Gasteiger partial charge in [-0.1, -0.05) is 6.07 Å². The summed E-state index contributed by atoms with van der Waals surface area (Å²) < 4.78 is 36.0. The first-order valence-corrected chi connectivity index (χ1v) is 6.77. The molecule has 18 heavy (non-hydrogen) atoms. The highest BCUT2D eigenvalue weighted by atomic mass is 35.5. The lowest BCUT2D eigenvalue weighted by Crippen LogP contribution is -2.15. The van der Waals surface area contributed by atoms with Crippen LogP contribution in [-0.2, 0) is 16.4 Å². The third-order valence-electron chi connectivity index (χ3n) is 2.29. The van der Waals surface area contributed by atoms with Crippen LogP contribution in [0.2, 0.25) is 0 Å². The van der Waals surface area contributed by atoms with E-state index in [1.807, 2.05) is 6.19 Å². The topological polar surface area (TPSA) is 59.9 Å². The van der Waals surface area contributed by atoms with Crippen molar-refractivity contribution in [2.75, 3.05) is 6.26 Å². The van der Waals surface area contributed by atoms with Crippen LogP contribution in [0.15, 0.2) is 18.3 Å². The molecule has 8 heteroatoms. The Hall–Kier alpha value is -1.10. The number of pyridine rings is 1. The Labute approximate surface area is 111 Å². The fourth-order valence-corrected chi connectivity index (χ4v) is 2.14. The maximum atomic E-state index is 12.7. The van der Waals surface area contributed by atoms with E-state index in [1.165, 1.54) is 18.5 Å². The highest BCUT2D eigenvalue weighted by molar-refractivity contribution is 7.78. The molecule has 1 aromatic heterocycles. The molecule has 98 valence electrons. The largest absolute Gasteiger partial charge is 0.468 e. The summed E-state index contributed by atoms with van der Waals surface area (Å²) in [6, 6.07) is 2.04. The molecule has 1 N–H and O–H groups in total. The summed E-state index contributed by atoms with van der Waals surface area (Å²) in [6.45, 7) is 1.67. The number of nitrogens with zero attached hydrogens (tertiary/aromatic N) is 3. The highest BCUT2D eigenvalue weighted by Crippen LogP contribution is 2.31. The molecule has 0 aliphatic rings. The highest BCUT2D eigenvalue weighted by Gasteiger charge is 2.30. The van der Waals surface area contributed by atoms with E-state index < -0.39 is 28.1 Å². The molecule has 0 bridgehead atoms. The summed E-state index contributed by atoms with van der Waals surface area (Å²) in [6.07, 6.45) is 4.52. The average molecular weight is 295 g/mol. The molecule has 0 spiro atoms. The molecule has 0 aliphatic heterocycles. The van der Waals surface area contributed by atoms with Gasteiger partial charge in [0.1, 0.15) is 22.7 Å². The minimum absolute atomic E-state index is 0.459. The molecular formula is C10H11ClF2N3OS+. The first-order chi connectivity index (χ1) is 8.27. The normalized spacial score (nSPS) is 15.7. The van der Waals surface area contributed by atoms with Gasteiger partial charge >= 0.3 is 11.6 Å². The van der Waals surface area contributed by atoms with E-state index in [1.54, 1.807) is 6.92 Å². The van der Waals surface area contributed by atoms with Crippen molar-refractivity contribution in [3.63, 3.8) is 0 Å². The Bertz CT molecular complexity index is 503. The average Bonchev–Trinajstić information content (AvgIpc) is 2.28. The molecule has 1 rings (SSSR count). The van der Waals surface area contributed by atoms with Crippen molar-refractivity contribution in [3.05, 3.63) is 29.6 Å². The van der Waals surface area contributed by atoms with Crippen LogP contribution in [0.5, 0.6) is 0 Å². The van der Waals surface area contributed by atoms with E-state index in [-0.39, 0.29) is 0 Å². The van der Waals surface area contributed by atoms with E-state index in [2.05, 4.69) is 4.98 Å². The number of hydrogen-bond donors (Lipinski definition) is 1. The Morgan fingerprint density at radius 3 is 2.56 bits per heavy atom. The van der Waals surface area contributed by atoms with E-state index in [0.29, 0.717) is 5.56 Å². The van der Waals surface area contributed by atoms with Crippen LogP contribution >= 0.6 is 11.6 Å². The Balaban J connectivity index is 3.08. The summed E-state index contributed by atoms with van der Waals surface area (Å²) >= 11 is 4.83. The van der Waals surface area contributed by atoms with Crippen molar-refractivity contribution >= 4 is 22.6 Å². The van der Waals surface area contributed by atoms with Gasteiger partial charge in [-0.05, 0) is 24.6 Å². The Morgan fingerprint density at radius 1 is 1.61 bits per heavy atom. The lowest BCUT2D eigenvalue weighted by molar-refractivity contribution is -0.463. The smallest absolute Gasteiger partial charge is 0.306 e. The van der Waals surface area contributed by atoms with Gasteiger partial charge in [-0.3, -0.25) is 4.98 Å². The zero-order valence-electron chi connectivity index (χ0n) is 9.64. The fraction of sp³-hybridized carbons (Fsp3) is 0.400. The second kappa shape index (κ2) is 5.69. The molecule has 0 fully saturated rings. The molecule has 0 aromatic carbocycles. The second-order valence-corrected chi connectivity index (χ2v) is 5.28. The van der Waals surface area contributed by atoms with Crippen molar-refractivity contribution in [2.24, 2.45) is 0 Å². The number of rotatable bonds is 3. The maximum Gasteiger partial charge on any atom is 0.468 e. The number of halogens is 3. The van der Waals surface area contributed by atoms with Crippen LogP contribution in [0, 0.1) is 11.5 Å². The van der Waals surface area contributed by atoms with E-state index in [4.69, 9.17) is 16.9 Å². The zero-order valence-corrected chi connectivity index (χ0v) is 11.2. The molecule has 0 aliphatic carbocycles. The minimum Gasteiger partial charge on any atom is -0.306 e. The molecule has 0 amide bonds. The zero-order chi connectivity index (χ0) is 13.9. The lowest BCUT2D eigenvalue weighted by Gasteiger charge is -2.11. The van der Waals surface area contributed by atoms with Gasteiger partial charge in [0.25, 0.3) is 0 Å². The van der Waals surface area contributed by atoms with E-state index >= 15 is 0 Å². The lowest BCUT2D eigenvalue weighted by atomic mass is 10.1. The van der Waals surface area contributed by atoms with Gasteiger partial charge in [0.2, 0.25) is 0 Å². The van der Waals surface area contributed by atoms with Crippen molar-refractivity contribution in [3.8, 4) is 6.19 Å². The first kappa shape index (κ1) is 15.0. The van der Waals surface area contributed by atoms with Gasteiger partial charge in [-0.2, -0.15) is 8.78 Å². The Morgan fingerprint density at radius 2 is 2.22 bits per heavy atom. The van der Waals surface area contributed by atoms with Gasteiger partial charge in [-0.25, -0.2) is 0 Å². The van der Waals surface area contributed by atoms with Crippen LogP contribution < -0.4 is 0 Å². The predicted octanol–water partition coefficient (Wildman–Crippen LogP) is 2.83. The summed E-state index contributed by atoms with van der Waals surface area (Å²) in [4.78, 5) is 3.55. The van der Waals surface area contributed by atoms with Crippen LogP contribution in [-0.4, -0.2) is 19.7 Å². The minimum atomic E-state index is -3.51. The molecule has 1 heterocycles. The summed E-state index contributed by atoms with van der Waals surface area (Å²) in [5.41, 5.74) is -0.0160. The summed E-state index contributed by atoms with van der Waals surface area (Å²) in [7, 11) is -1.24. The van der Waals surface area contributed by atoms with Crippen LogP contribution in [0.4, 0.5) is 8.78 Å². The van der Waals surface area contributed by atoms with Crippen molar-refractivity contribution in [2.45, 2.75) is 18.3 Å². The molecule has 2 atom stereocenters. The van der Waals surface area contributed by atoms with Crippen molar-refractivity contribution in [1.82, 2.24) is 4.98 Å². The van der Waals surface area contributed by atoms with Crippen LogP contribution in [0.3, 0.4) is 0 Å².